The molecule has 3 heteroatoms. The van der Waals surface area contributed by atoms with E-state index in [1.54, 1.807) is 0 Å². The van der Waals surface area contributed by atoms with Crippen molar-refractivity contribution in [1.82, 2.24) is 10.2 Å². The number of hydrogen-bond donors (Lipinski definition) is 1. The van der Waals surface area contributed by atoms with Crippen LogP contribution in [-0.2, 0) is 6.42 Å². The van der Waals surface area contributed by atoms with E-state index in [0.717, 1.165) is 13.0 Å². The Morgan fingerprint density at radius 1 is 1.38 bits per heavy atom. The van der Waals surface area contributed by atoms with Gasteiger partial charge in [0, 0.05) is 13.6 Å². The topological polar surface area (TPSA) is 31.9 Å². The Morgan fingerprint density at radius 2 is 2.08 bits per heavy atom. The van der Waals surface area contributed by atoms with Crippen molar-refractivity contribution in [1.29, 1.82) is 0 Å². The van der Waals surface area contributed by atoms with Gasteiger partial charge in [0.15, 0.2) is 0 Å². The maximum Gasteiger partial charge on any atom is 0.0858 e. The molecule has 0 unspecified atom stereocenters. The van der Waals surface area contributed by atoms with E-state index in [1.807, 2.05) is 13.8 Å². The van der Waals surface area contributed by atoms with E-state index in [9.17, 15) is 0 Å². The number of aromatic nitrogens is 2. The second-order valence-corrected chi connectivity index (χ2v) is 3.17. The maximum absolute atomic E-state index is 4.24. The Balaban J connectivity index is 0.000000396. The molecule has 74 valence electrons. The Bertz CT molecular complexity index is 265. The Kier molecular flexibility index (Phi) is 3.34. The van der Waals surface area contributed by atoms with Crippen molar-refractivity contribution in [3.05, 3.63) is 11.4 Å². The molecule has 1 aliphatic heterocycles. The van der Waals surface area contributed by atoms with Crippen LogP contribution in [0.4, 0.5) is 5.69 Å². The van der Waals surface area contributed by atoms with Gasteiger partial charge in [-0.3, -0.25) is 5.10 Å². The first kappa shape index (κ1) is 10.1. The highest BCUT2D eigenvalue weighted by atomic mass is 15.2. The van der Waals surface area contributed by atoms with Gasteiger partial charge in [-0.25, -0.2) is 0 Å². The molecular formula is C10H19N3. The minimum absolute atomic E-state index is 1.13. The van der Waals surface area contributed by atoms with Crippen LogP contribution < -0.4 is 4.90 Å². The predicted molar refractivity (Wildman–Crippen MR) is 56.3 cm³/mol. The zero-order valence-electron chi connectivity index (χ0n) is 9.02. The second kappa shape index (κ2) is 4.30. The molecule has 3 nitrogen and oxygen atoms in total. The lowest BCUT2D eigenvalue weighted by Gasteiger charge is -2.23. The highest BCUT2D eigenvalue weighted by Gasteiger charge is 2.17. The Labute approximate surface area is 80.1 Å². The standard InChI is InChI=1S/C8H13N3.C2H6/c1-6-8-7(10-9-6)4-3-5-11(8)2;1-2/h3-5H2,1-2H3,(H,9,10);1-2H3. The molecule has 0 saturated heterocycles. The fraction of sp³-hybridized carbons (Fsp3) is 0.700. The molecule has 1 aromatic heterocycles. The summed E-state index contributed by atoms with van der Waals surface area (Å²) < 4.78 is 0. The van der Waals surface area contributed by atoms with Gasteiger partial charge in [0.05, 0.1) is 17.1 Å². The molecule has 0 amide bonds. The molecule has 0 saturated carbocycles. The van der Waals surface area contributed by atoms with E-state index in [2.05, 4.69) is 29.1 Å². The van der Waals surface area contributed by atoms with Gasteiger partial charge in [-0.05, 0) is 19.8 Å². The number of hydrogen-bond acceptors (Lipinski definition) is 2. The van der Waals surface area contributed by atoms with Crippen LogP contribution in [0.25, 0.3) is 0 Å². The molecule has 1 N–H and O–H groups in total. The molecule has 0 radical (unpaired) electrons. The first-order valence-electron chi connectivity index (χ1n) is 5.04. The SMILES string of the molecule is CC.Cc1[nH]nc2c1N(C)CCC2. The molecule has 1 aromatic rings. The van der Waals surface area contributed by atoms with Crippen molar-refractivity contribution in [2.45, 2.75) is 33.6 Å². The van der Waals surface area contributed by atoms with E-state index >= 15 is 0 Å². The van der Waals surface area contributed by atoms with Gasteiger partial charge in [0.1, 0.15) is 0 Å². The van der Waals surface area contributed by atoms with Crippen molar-refractivity contribution >= 4 is 5.69 Å². The molecule has 0 aliphatic carbocycles. The summed E-state index contributed by atoms with van der Waals surface area (Å²) in [7, 11) is 2.13. The fourth-order valence-electron chi connectivity index (χ4n) is 1.75. The number of nitrogens with zero attached hydrogens (tertiary/aromatic N) is 2. The minimum atomic E-state index is 1.13. The van der Waals surface area contributed by atoms with Crippen LogP contribution in [0.5, 0.6) is 0 Å². The van der Waals surface area contributed by atoms with Gasteiger partial charge in [-0.2, -0.15) is 5.10 Å². The third-order valence-corrected chi connectivity index (χ3v) is 2.28. The van der Waals surface area contributed by atoms with Gasteiger partial charge in [0.2, 0.25) is 0 Å². The van der Waals surface area contributed by atoms with Crippen molar-refractivity contribution in [3.8, 4) is 0 Å². The quantitative estimate of drug-likeness (QED) is 0.665. The van der Waals surface area contributed by atoms with Crippen LogP contribution in [0, 0.1) is 6.92 Å². The molecule has 2 rings (SSSR count). The van der Waals surface area contributed by atoms with Crippen LogP contribution in [-0.4, -0.2) is 23.8 Å². The Morgan fingerprint density at radius 3 is 2.69 bits per heavy atom. The number of H-pyrrole nitrogens is 1. The van der Waals surface area contributed by atoms with E-state index in [1.165, 1.54) is 23.5 Å². The fourth-order valence-corrected chi connectivity index (χ4v) is 1.75. The number of aryl methyl sites for hydroxylation is 2. The molecule has 0 fully saturated rings. The molecule has 0 spiro atoms. The molecular weight excluding hydrogens is 162 g/mol. The van der Waals surface area contributed by atoms with Crippen LogP contribution in [0.1, 0.15) is 31.7 Å². The van der Waals surface area contributed by atoms with Gasteiger partial charge in [-0.15, -0.1) is 0 Å². The van der Waals surface area contributed by atoms with Gasteiger partial charge in [-0.1, -0.05) is 13.8 Å². The van der Waals surface area contributed by atoms with E-state index in [-0.39, 0.29) is 0 Å². The molecule has 0 bridgehead atoms. The minimum Gasteiger partial charge on any atom is -0.372 e. The first-order chi connectivity index (χ1) is 6.29. The summed E-state index contributed by atoms with van der Waals surface area (Å²) >= 11 is 0. The Hall–Kier alpha value is -0.990. The summed E-state index contributed by atoms with van der Waals surface area (Å²) in [6.45, 7) is 7.24. The smallest absolute Gasteiger partial charge is 0.0858 e. The van der Waals surface area contributed by atoms with Crippen molar-refractivity contribution in [3.63, 3.8) is 0 Å². The molecule has 2 heterocycles. The summed E-state index contributed by atoms with van der Waals surface area (Å²) in [4.78, 5) is 2.28. The number of fused-ring (bicyclic) bond motifs is 1. The number of rotatable bonds is 0. The molecule has 1 aliphatic rings. The molecule has 13 heavy (non-hydrogen) atoms. The van der Waals surface area contributed by atoms with Crippen LogP contribution in [0.3, 0.4) is 0 Å². The van der Waals surface area contributed by atoms with Crippen LogP contribution in [0.15, 0.2) is 0 Å². The van der Waals surface area contributed by atoms with Gasteiger partial charge < -0.3 is 4.90 Å². The predicted octanol–water partition coefficient (Wildman–Crippen LogP) is 2.13. The summed E-state index contributed by atoms with van der Waals surface area (Å²) in [6.07, 6.45) is 2.36. The second-order valence-electron chi connectivity index (χ2n) is 3.17. The van der Waals surface area contributed by atoms with Crippen LogP contribution >= 0.6 is 0 Å². The van der Waals surface area contributed by atoms with Crippen molar-refractivity contribution in [2.75, 3.05) is 18.5 Å². The van der Waals surface area contributed by atoms with E-state index < -0.39 is 0 Å². The monoisotopic (exact) mass is 181 g/mol. The first-order valence-corrected chi connectivity index (χ1v) is 5.04. The summed E-state index contributed by atoms with van der Waals surface area (Å²) in [6, 6.07) is 0. The van der Waals surface area contributed by atoms with E-state index in [0.29, 0.717) is 0 Å². The largest absolute Gasteiger partial charge is 0.372 e. The number of nitrogens with one attached hydrogen (secondary N) is 1. The molecule has 0 atom stereocenters. The normalized spacial score (nSPS) is 14.6. The summed E-state index contributed by atoms with van der Waals surface area (Å²) in [5, 5.41) is 7.26. The summed E-state index contributed by atoms with van der Waals surface area (Å²) in [5.74, 6) is 0. The zero-order chi connectivity index (χ0) is 9.84. The lowest BCUT2D eigenvalue weighted by Crippen LogP contribution is -2.24. The van der Waals surface area contributed by atoms with E-state index in [4.69, 9.17) is 0 Å². The summed E-state index contributed by atoms with van der Waals surface area (Å²) in [5.41, 5.74) is 3.75. The van der Waals surface area contributed by atoms with Gasteiger partial charge in [0.25, 0.3) is 0 Å². The highest BCUT2D eigenvalue weighted by molar-refractivity contribution is 5.55. The third-order valence-electron chi connectivity index (χ3n) is 2.28. The average molecular weight is 181 g/mol. The lowest BCUT2D eigenvalue weighted by atomic mass is 10.1. The number of anilines is 1. The third kappa shape index (κ3) is 1.85. The average Bonchev–Trinajstić information content (AvgIpc) is 2.53. The zero-order valence-corrected chi connectivity index (χ0v) is 9.02. The number of aromatic amines is 1. The molecule has 0 aromatic carbocycles. The van der Waals surface area contributed by atoms with Crippen LogP contribution in [0.2, 0.25) is 0 Å². The lowest BCUT2D eigenvalue weighted by molar-refractivity contribution is 0.729. The van der Waals surface area contributed by atoms with Crippen molar-refractivity contribution in [2.24, 2.45) is 0 Å². The van der Waals surface area contributed by atoms with Gasteiger partial charge >= 0.3 is 0 Å². The van der Waals surface area contributed by atoms with Crippen molar-refractivity contribution < 1.29 is 0 Å². The highest BCUT2D eigenvalue weighted by Crippen LogP contribution is 2.26. The maximum atomic E-state index is 4.24.